The Bertz CT molecular complexity index is 353. The molecule has 18 heavy (non-hydrogen) atoms. The minimum absolute atomic E-state index is 0.675. The number of nitrogens with two attached hydrogens (primary N) is 1. The summed E-state index contributed by atoms with van der Waals surface area (Å²) >= 11 is 0. The normalized spacial score (nSPS) is 12.2. The highest BCUT2D eigenvalue weighted by Crippen LogP contribution is 2.19. The van der Waals surface area contributed by atoms with Crippen LogP contribution in [-0.2, 0) is 0 Å². The molecule has 1 unspecified atom stereocenters. The van der Waals surface area contributed by atoms with E-state index in [9.17, 15) is 0 Å². The van der Waals surface area contributed by atoms with Crippen LogP contribution in [0.15, 0.2) is 6.33 Å². The molecule has 1 rings (SSSR count). The van der Waals surface area contributed by atoms with E-state index in [4.69, 9.17) is 5.84 Å². The van der Waals surface area contributed by atoms with E-state index in [2.05, 4.69) is 34.6 Å². The number of rotatable bonds is 8. The molecule has 0 aliphatic rings. The van der Waals surface area contributed by atoms with Crippen LogP contribution in [-0.4, -0.2) is 16.5 Å². The Morgan fingerprint density at radius 3 is 2.61 bits per heavy atom. The third kappa shape index (κ3) is 4.14. The summed E-state index contributed by atoms with van der Waals surface area (Å²) in [6.07, 6.45) is 6.53. The van der Waals surface area contributed by atoms with Crippen LogP contribution in [0, 0.1) is 12.8 Å². The highest BCUT2D eigenvalue weighted by Gasteiger charge is 2.09. The zero-order valence-electron chi connectivity index (χ0n) is 11.7. The fourth-order valence-corrected chi connectivity index (χ4v) is 1.96. The molecule has 4 N–H and O–H groups in total. The standard InChI is InChI=1S/C13H25N5/c1-4-6-7-11(5-2)8-15-12-10(3)13(18-14)17-9-16-12/h9,11H,4-8,14H2,1-3H3,(H2,15,16,17,18). The minimum atomic E-state index is 0.675. The van der Waals surface area contributed by atoms with Gasteiger partial charge in [-0.05, 0) is 19.3 Å². The number of aromatic nitrogens is 2. The van der Waals surface area contributed by atoms with E-state index in [-0.39, 0.29) is 0 Å². The number of hydrogen-bond acceptors (Lipinski definition) is 5. The Labute approximate surface area is 110 Å². The van der Waals surface area contributed by atoms with Crippen molar-refractivity contribution in [2.75, 3.05) is 17.3 Å². The summed E-state index contributed by atoms with van der Waals surface area (Å²) in [5.41, 5.74) is 3.54. The van der Waals surface area contributed by atoms with Crippen molar-refractivity contribution in [1.82, 2.24) is 9.97 Å². The van der Waals surface area contributed by atoms with Crippen LogP contribution in [0.1, 0.15) is 45.1 Å². The van der Waals surface area contributed by atoms with Gasteiger partial charge in [0.25, 0.3) is 0 Å². The second kappa shape index (κ2) is 7.87. The highest BCUT2D eigenvalue weighted by atomic mass is 15.3. The van der Waals surface area contributed by atoms with Crippen molar-refractivity contribution in [2.45, 2.75) is 46.5 Å². The molecule has 0 bridgehead atoms. The monoisotopic (exact) mass is 251 g/mol. The fraction of sp³-hybridized carbons (Fsp3) is 0.692. The first-order chi connectivity index (χ1) is 8.72. The zero-order chi connectivity index (χ0) is 13.4. The molecule has 102 valence electrons. The molecule has 1 atom stereocenters. The summed E-state index contributed by atoms with van der Waals surface area (Å²) in [5, 5.41) is 3.40. The van der Waals surface area contributed by atoms with Crippen molar-refractivity contribution in [3.63, 3.8) is 0 Å². The molecule has 0 aromatic carbocycles. The van der Waals surface area contributed by atoms with Crippen molar-refractivity contribution in [1.29, 1.82) is 0 Å². The molecule has 0 radical (unpaired) electrons. The van der Waals surface area contributed by atoms with E-state index in [0.29, 0.717) is 11.7 Å². The number of nitrogen functional groups attached to an aromatic ring is 1. The molecule has 5 heteroatoms. The maximum atomic E-state index is 5.40. The van der Waals surface area contributed by atoms with E-state index >= 15 is 0 Å². The van der Waals surface area contributed by atoms with Gasteiger partial charge in [-0.1, -0.05) is 33.1 Å². The molecule has 0 saturated heterocycles. The third-order valence-electron chi connectivity index (χ3n) is 3.32. The zero-order valence-corrected chi connectivity index (χ0v) is 11.7. The quantitative estimate of drug-likeness (QED) is 0.489. The molecular weight excluding hydrogens is 226 g/mol. The van der Waals surface area contributed by atoms with Gasteiger partial charge in [0.2, 0.25) is 0 Å². The van der Waals surface area contributed by atoms with Crippen molar-refractivity contribution in [2.24, 2.45) is 11.8 Å². The van der Waals surface area contributed by atoms with Gasteiger partial charge >= 0.3 is 0 Å². The van der Waals surface area contributed by atoms with E-state index in [1.165, 1.54) is 32.0 Å². The van der Waals surface area contributed by atoms with E-state index in [1.807, 2.05) is 6.92 Å². The molecular formula is C13H25N5. The molecule has 0 saturated carbocycles. The van der Waals surface area contributed by atoms with Gasteiger partial charge in [-0.25, -0.2) is 15.8 Å². The first kappa shape index (κ1) is 14.7. The number of hydrogen-bond donors (Lipinski definition) is 3. The Balaban J connectivity index is 2.56. The number of anilines is 2. The summed E-state index contributed by atoms with van der Waals surface area (Å²) in [5.74, 6) is 7.65. The molecule has 1 aromatic heterocycles. The molecule has 1 aromatic rings. The average molecular weight is 251 g/mol. The lowest BCUT2D eigenvalue weighted by molar-refractivity contribution is 0.472. The first-order valence-corrected chi connectivity index (χ1v) is 6.74. The molecule has 0 spiro atoms. The number of hydrazine groups is 1. The third-order valence-corrected chi connectivity index (χ3v) is 3.32. The number of unbranched alkanes of at least 4 members (excludes halogenated alkanes) is 1. The summed E-state index contributed by atoms with van der Waals surface area (Å²) in [6, 6.07) is 0. The van der Waals surface area contributed by atoms with E-state index in [1.54, 1.807) is 0 Å². The Morgan fingerprint density at radius 1 is 1.28 bits per heavy atom. The SMILES string of the molecule is CCCCC(CC)CNc1ncnc(NN)c1C. The minimum Gasteiger partial charge on any atom is -0.369 e. The second-order valence-corrected chi connectivity index (χ2v) is 4.64. The largest absolute Gasteiger partial charge is 0.369 e. The Kier molecular flexibility index (Phi) is 6.43. The van der Waals surface area contributed by atoms with Gasteiger partial charge < -0.3 is 10.7 Å². The van der Waals surface area contributed by atoms with Crippen LogP contribution in [0.4, 0.5) is 11.6 Å². The highest BCUT2D eigenvalue weighted by molar-refractivity contribution is 5.55. The predicted octanol–water partition coefficient (Wildman–Crippen LogP) is 2.70. The number of nitrogens with one attached hydrogen (secondary N) is 2. The van der Waals surface area contributed by atoms with Crippen LogP contribution < -0.4 is 16.6 Å². The van der Waals surface area contributed by atoms with Gasteiger partial charge in [0.05, 0.1) is 0 Å². The Morgan fingerprint density at radius 2 is 2.00 bits per heavy atom. The number of nitrogens with zero attached hydrogens (tertiary/aromatic N) is 2. The first-order valence-electron chi connectivity index (χ1n) is 6.74. The lowest BCUT2D eigenvalue weighted by atomic mass is 9.99. The van der Waals surface area contributed by atoms with E-state index in [0.717, 1.165) is 17.9 Å². The van der Waals surface area contributed by atoms with E-state index < -0.39 is 0 Å². The average Bonchev–Trinajstić information content (AvgIpc) is 2.40. The van der Waals surface area contributed by atoms with Crippen molar-refractivity contribution >= 4 is 11.6 Å². The predicted molar refractivity (Wildman–Crippen MR) is 76.4 cm³/mol. The smallest absolute Gasteiger partial charge is 0.148 e. The van der Waals surface area contributed by atoms with Gasteiger partial charge in [0.15, 0.2) is 0 Å². The second-order valence-electron chi connectivity index (χ2n) is 4.64. The van der Waals surface area contributed by atoms with Gasteiger partial charge in [-0.15, -0.1) is 0 Å². The lowest BCUT2D eigenvalue weighted by Crippen LogP contribution is -2.17. The molecule has 0 aliphatic carbocycles. The van der Waals surface area contributed by atoms with Crippen LogP contribution in [0.25, 0.3) is 0 Å². The lowest BCUT2D eigenvalue weighted by Gasteiger charge is -2.17. The van der Waals surface area contributed by atoms with Crippen LogP contribution in [0.2, 0.25) is 0 Å². The molecule has 0 aliphatic heterocycles. The maximum Gasteiger partial charge on any atom is 0.148 e. The van der Waals surface area contributed by atoms with Gasteiger partial charge in [0.1, 0.15) is 18.0 Å². The molecule has 0 fully saturated rings. The van der Waals surface area contributed by atoms with Crippen molar-refractivity contribution in [3.8, 4) is 0 Å². The summed E-state index contributed by atoms with van der Waals surface area (Å²) in [6.45, 7) is 7.39. The summed E-state index contributed by atoms with van der Waals surface area (Å²) in [4.78, 5) is 8.32. The van der Waals surface area contributed by atoms with Gasteiger partial charge in [-0.2, -0.15) is 0 Å². The van der Waals surface area contributed by atoms with Crippen molar-refractivity contribution in [3.05, 3.63) is 11.9 Å². The molecule has 0 amide bonds. The molecule has 1 heterocycles. The fourth-order valence-electron chi connectivity index (χ4n) is 1.96. The topological polar surface area (TPSA) is 75.9 Å². The summed E-state index contributed by atoms with van der Waals surface area (Å²) < 4.78 is 0. The maximum absolute atomic E-state index is 5.40. The molecule has 5 nitrogen and oxygen atoms in total. The van der Waals surface area contributed by atoms with Crippen LogP contribution >= 0.6 is 0 Å². The Hall–Kier alpha value is -1.36. The van der Waals surface area contributed by atoms with Gasteiger partial charge in [-0.3, -0.25) is 0 Å². The van der Waals surface area contributed by atoms with Crippen LogP contribution in [0.5, 0.6) is 0 Å². The van der Waals surface area contributed by atoms with Crippen molar-refractivity contribution < 1.29 is 0 Å². The van der Waals surface area contributed by atoms with Crippen LogP contribution in [0.3, 0.4) is 0 Å². The summed E-state index contributed by atoms with van der Waals surface area (Å²) in [7, 11) is 0. The van der Waals surface area contributed by atoms with Gasteiger partial charge in [0, 0.05) is 12.1 Å².